The molecule has 0 aliphatic carbocycles. The first-order valence-corrected chi connectivity index (χ1v) is 7.82. The molecule has 2 aromatic rings. The summed E-state index contributed by atoms with van der Waals surface area (Å²) in [7, 11) is 0. The topological polar surface area (TPSA) is 38.3 Å². The second kappa shape index (κ2) is 7.73. The lowest BCUT2D eigenvalue weighted by Gasteiger charge is -2.18. The van der Waals surface area contributed by atoms with Crippen molar-refractivity contribution in [3.8, 4) is 5.75 Å². The molecule has 116 valence electrons. The molecule has 3 nitrogen and oxygen atoms in total. The number of amides is 1. The zero-order chi connectivity index (χ0) is 16.1. The van der Waals surface area contributed by atoms with E-state index in [1.165, 1.54) is 0 Å². The van der Waals surface area contributed by atoms with Crippen LogP contribution in [0.3, 0.4) is 0 Å². The molecule has 6 heteroatoms. The van der Waals surface area contributed by atoms with E-state index < -0.39 is 6.10 Å². The second-order valence-corrected chi connectivity index (χ2v) is 5.75. The fraction of sp³-hybridized carbons (Fsp3) is 0.188. The molecular formula is C16H14Cl3NO2. The molecule has 0 aliphatic rings. The van der Waals surface area contributed by atoms with Crippen molar-refractivity contribution in [3.05, 3.63) is 57.5 Å². The van der Waals surface area contributed by atoms with Crippen molar-refractivity contribution in [2.24, 2.45) is 0 Å². The summed E-state index contributed by atoms with van der Waals surface area (Å²) in [6.45, 7) is 1.84. The number of carbonyl (C=O) groups is 1. The SMILES string of the molecule is CC[C@H](Oc1ccccc1Cl)C(=O)Nc1c(Cl)cccc1Cl. The molecule has 1 amide bonds. The summed E-state index contributed by atoms with van der Waals surface area (Å²) < 4.78 is 5.68. The molecule has 0 radical (unpaired) electrons. The highest BCUT2D eigenvalue weighted by molar-refractivity contribution is 6.39. The first-order valence-electron chi connectivity index (χ1n) is 6.69. The number of halogens is 3. The van der Waals surface area contributed by atoms with Crippen LogP contribution >= 0.6 is 34.8 Å². The average Bonchev–Trinajstić information content (AvgIpc) is 2.50. The Morgan fingerprint density at radius 1 is 1.05 bits per heavy atom. The van der Waals surface area contributed by atoms with E-state index in [9.17, 15) is 4.79 Å². The van der Waals surface area contributed by atoms with Crippen LogP contribution in [0.5, 0.6) is 5.75 Å². The summed E-state index contributed by atoms with van der Waals surface area (Å²) in [6.07, 6.45) is -0.230. The minimum absolute atomic E-state index is 0.336. The van der Waals surface area contributed by atoms with Crippen LogP contribution in [-0.4, -0.2) is 12.0 Å². The molecule has 0 saturated carbocycles. The van der Waals surface area contributed by atoms with Crippen molar-refractivity contribution in [3.63, 3.8) is 0 Å². The van der Waals surface area contributed by atoms with Gasteiger partial charge in [-0.1, -0.05) is 59.9 Å². The van der Waals surface area contributed by atoms with Crippen LogP contribution in [-0.2, 0) is 4.79 Å². The monoisotopic (exact) mass is 357 g/mol. The third-order valence-electron chi connectivity index (χ3n) is 2.98. The van der Waals surface area contributed by atoms with Gasteiger partial charge in [-0.05, 0) is 30.7 Å². The highest BCUT2D eigenvalue weighted by Gasteiger charge is 2.21. The minimum Gasteiger partial charge on any atom is -0.479 e. The number of rotatable bonds is 5. The van der Waals surface area contributed by atoms with Crippen molar-refractivity contribution in [1.29, 1.82) is 0 Å². The van der Waals surface area contributed by atoms with E-state index in [1.54, 1.807) is 42.5 Å². The minimum atomic E-state index is -0.702. The Labute approximate surface area is 144 Å². The molecule has 0 fully saturated rings. The van der Waals surface area contributed by atoms with Crippen molar-refractivity contribution in [1.82, 2.24) is 0 Å². The van der Waals surface area contributed by atoms with Gasteiger partial charge in [-0.3, -0.25) is 4.79 Å². The van der Waals surface area contributed by atoms with E-state index in [-0.39, 0.29) is 5.91 Å². The van der Waals surface area contributed by atoms with Crippen molar-refractivity contribution in [2.75, 3.05) is 5.32 Å². The zero-order valence-electron chi connectivity index (χ0n) is 11.8. The number of ether oxygens (including phenoxy) is 1. The molecule has 1 N–H and O–H groups in total. The van der Waals surface area contributed by atoms with Gasteiger partial charge in [0.1, 0.15) is 5.75 Å². The lowest BCUT2D eigenvalue weighted by atomic mass is 10.2. The van der Waals surface area contributed by atoms with Gasteiger partial charge in [-0.25, -0.2) is 0 Å². The third kappa shape index (κ3) is 4.07. The van der Waals surface area contributed by atoms with E-state index in [0.717, 1.165) is 0 Å². The summed E-state index contributed by atoms with van der Waals surface area (Å²) in [5, 5.41) is 3.88. The van der Waals surface area contributed by atoms with Crippen LogP contribution in [0.2, 0.25) is 15.1 Å². The van der Waals surface area contributed by atoms with E-state index in [2.05, 4.69) is 5.32 Å². The summed E-state index contributed by atoms with van der Waals surface area (Å²) in [6, 6.07) is 12.0. The highest BCUT2D eigenvalue weighted by atomic mass is 35.5. The molecule has 0 aromatic heterocycles. The molecule has 0 bridgehead atoms. The first-order chi connectivity index (χ1) is 10.5. The molecular weight excluding hydrogens is 345 g/mol. The quantitative estimate of drug-likeness (QED) is 0.772. The Bertz CT molecular complexity index is 656. The number of hydrogen-bond acceptors (Lipinski definition) is 2. The van der Waals surface area contributed by atoms with Gasteiger partial charge in [0.25, 0.3) is 5.91 Å². The van der Waals surface area contributed by atoms with Gasteiger partial charge < -0.3 is 10.1 Å². The summed E-state index contributed by atoms with van der Waals surface area (Å²) in [5.74, 6) is 0.119. The van der Waals surface area contributed by atoms with Gasteiger partial charge in [-0.2, -0.15) is 0 Å². The van der Waals surface area contributed by atoms with Crippen LogP contribution in [0, 0.1) is 0 Å². The van der Waals surface area contributed by atoms with E-state index >= 15 is 0 Å². The van der Waals surface area contributed by atoms with Crippen LogP contribution < -0.4 is 10.1 Å². The van der Waals surface area contributed by atoms with Crippen LogP contribution in [0.25, 0.3) is 0 Å². The molecule has 0 spiro atoms. The largest absolute Gasteiger partial charge is 0.479 e. The lowest BCUT2D eigenvalue weighted by Crippen LogP contribution is -2.32. The number of hydrogen-bond donors (Lipinski definition) is 1. The predicted octanol–water partition coefficient (Wildman–Crippen LogP) is 5.44. The predicted molar refractivity (Wildman–Crippen MR) is 91.3 cm³/mol. The Balaban J connectivity index is 2.14. The Hall–Kier alpha value is -1.42. The van der Waals surface area contributed by atoms with Gasteiger partial charge in [0.05, 0.1) is 20.8 Å². The van der Waals surface area contributed by atoms with Gasteiger partial charge >= 0.3 is 0 Å². The van der Waals surface area contributed by atoms with Crippen LogP contribution in [0.1, 0.15) is 13.3 Å². The Morgan fingerprint density at radius 3 is 2.23 bits per heavy atom. The molecule has 0 aliphatic heterocycles. The molecule has 0 unspecified atom stereocenters. The first kappa shape index (κ1) is 16.9. The van der Waals surface area contributed by atoms with Crippen molar-refractivity contribution < 1.29 is 9.53 Å². The van der Waals surface area contributed by atoms with E-state index in [0.29, 0.717) is 32.9 Å². The molecule has 22 heavy (non-hydrogen) atoms. The molecule has 2 rings (SSSR count). The molecule has 0 saturated heterocycles. The maximum atomic E-state index is 12.4. The lowest BCUT2D eigenvalue weighted by molar-refractivity contribution is -0.122. The summed E-state index contributed by atoms with van der Waals surface area (Å²) >= 11 is 18.1. The maximum absolute atomic E-state index is 12.4. The van der Waals surface area contributed by atoms with Crippen LogP contribution in [0.15, 0.2) is 42.5 Å². The molecule has 2 aromatic carbocycles. The maximum Gasteiger partial charge on any atom is 0.265 e. The molecule has 1 atom stereocenters. The normalized spacial score (nSPS) is 11.8. The number of anilines is 1. The van der Waals surface area contributed by atoms with Gasteiger partial charge in [0.15, 0.2) is 6.10 Å². The highest BCUT2D eigenvalue weighted by Crippen LogP contribution is 2.30. The van der Waals surface area contributed by atoms with Crippen LogP contribution in [0.4, 0.5) is 5.69 Å². The smallest absolute Gasteiger partial charge is 0.265 e. The van der Waals surface area contributed by atoms with Crippen molar-refractivity contribution in [2.45, 2.75) is 19.4 Å². The fourth-order valence-electron chi connectivity index (χ4n) is 1.84. The molecule has 0 heterocycles. The number of benzene rings is 2. The third-order valence-corrected chi connectivity index (χ3v) is 3.92. The Morgan fingerprint density at radius 2 is 1.64 bits per heavy atom. The van der Waals surface area contributed by atoms with Gasteiger partial charge in [-0.15, -0.1) is 0 Å². The Kier molecular flexibility index (Phi) is 5.95. The number of para-hydroxylation sites is 2. The summed E-state index contributed by atoms with van der Waals surface area (Å²) in [5.41, 5.74) is 0.372. The average molecular weight is 359 g/mol. The number of carbonyl (C=O) groups excluding carboxylic acids is 1. The number of nitrogens with one attached hydrogen (secondary N) is 1. The van der Waals surface area contributed by atoms with Gasteiger partial charge in [0, 0.05) is 0 Å². The van der Waals surface area contributed by atoms with Gasteiger partial charge in [0.2, 0.25) is 0 Å². The zero-order valence-corrected chi connectivity index (χ0v) is 14.0. The summed E-state index contributed by atoms with van der Waals surface area (Å²) in [4.78, 5) is 12.4. The fourth-order valence-corrected chi connectivity index (χ4v) is 2.51. The standard InChI is InChI=1S/C16H14Cl3NO2/c1-2-13(22-14-9-4-3-6-10(14)17)16(21)20-15-11(18)7-5-8-12(15)19/h3-9,13H,2H2,1H3,(H,20,21)/t13-/m0/s1. The van der Waals surface area contributed by atoms with E-state index in [4.69, 9.17) is 39.5 Å². The van der Waals surface area contributed by atoms with E-state index in [1.807, 2.05) is 6.92 Å². The second-order valence-electron chi connectivity index (χ2n) is 4.53. The van der Waals surface area contributed by atoms with Crippen molar-refractivity contribution >= 4 is 46.4 Å².